The minimum absolute atomic E-state index is 0.0442. The summed E-state index contributed by atoms with van der Waals surface area (Å²) in [4.78, 5) is 12.1. The number of hydrogen-bond donors (Lipinski definition) is 1. The van der Waals surface area contributed by atoms with Crippen molar-refractivity contribution in [1.29, 1.82) is 0 Å². The van der Waals surface area contributed by atoms with Crippen LogP contribution in [0, 0.1) is 32.4 Å². The van der Waals surface area contributed by atoms with E-state index in [1.807, 2.05) is 25.5 Å². The van der Waals surface area contributed by atoms with Gasteiger partial charge < -0.3 is 5.32 Å². The average molecular weight is 395 g/mol. The van der Waals surface area contributed by atoms with Gasteiger partial charge >= 0.3 is 0 Å². The molecule has 0 bridgehead atoms. The Labute approximate surface area is 168 Å². The Morgan fingerprint density at radius 2 is 1.69 bits per heavy atom. The summed E-state index contributed by atoms with van der Waals surface area (Å²) in [6, 6.07) is 11.5. The Balaban J connectivity index is 1.65. The molecule has 6 heteroatoms. The summed E-state index contributed by atoms with van der Waals surface area (Å²) in [5, 5.41) is 7.20. The monoisotopic (exact) mass is 395 g/mol. The zero-order valence-electron chi connectivity index (χ0n) is 16.7. The highest BCUT2D eigenvalue weighted by molar-refractivity contribution is 5.91. The first kappa shape index (κ1) is 20.5. The molecule has 150 valence electrons. The highest BCUT2D eigenvalue weighted by Crippen LogP contribution is 2.17. The molecule has 29 heavy (non-hydrogen) atoms. The van der Waals surface area contributed by atoms with Crippen LogP contribution in [-0.4, -0.2) is 15.7 Å². The number of hydrogen-bond acceptors (Lipinski definition) is 2. The second-order valence-corrected chi connectivity index (χ2v) is 7.06. The second kappa shape index (κ2) is 8.82. The van der Waals surface area contributed by atoms with Gasteiger partial charge in [-0.2, -0.15) is 5.10 Å². The number of nitrogens with one attached hydrogen (secondary N) is 1. The Morgan fingerprint density at radius 3 is 2.34 bits per heavy atom. The second-order valence-electron chi connectivity index (χ2n) is 7.06. The molecule has 4 nitrogen and oxygen atoms in total. The third-order valence-electron chi connectivity index (χ3n) is 4.68. The van der Waals surface area contributed by atoms with E-state index in [0.29, 0.717) is 12.1 Å². The summed E-state index contributed by atoms with van der Waals surface area (Å²) in [6.45, 7) is 6.60. The molecular weight excluding hydrogens is 372 g/mol. The van der Waals surface area contributed by atoms with Gasteiger partial charge in [0.15, 0.2) is 0 Å². The van der Waals surface area contributed by atoms with Gasteiger partial charge in [0.1, 0.15) is 11.6 Å². The van der Waals surface area contributed by atoms with E-state index >= 15 is 0 Å². The first-order valence-corrected chi connectivity index (χ1v) is 9.32. The standard InChI is InChI=1S/C23H23F2N3O/c1-15-4-6-18(7-5-15)14-28-17(3)22(16(2)27-28)8-9-23(29)26-13-19-10-20(24)12-21(25)11-19/h4-12H,13-14H2,1-3H3,(H,26,29)/b9-8+. The van der Waals surface area contributed by atoms with E-state index in [9.17, 15) is 13.6 Å². The van der Waals surface area contributed by atoms with Crippen LogP contribution in [0.15, 0.2) is 48.5 Å². The fourth-order valence-corrected chi connectivity index (χ4v) is 3.09. The molecule has 2 aromatic carbocycles. The lowest BCUT2D eigenvalue weighted by Gasteiger charge is -2.05. The third-order valence-corrected chi connectivity index (χ3v) is 4.68. The summed E-state index contributed by atoms with van der Waals surface area (Å²) in [5.41, 5.74) is 5.38. The fraction of sp³-hybridized carbons (Fsp3) is 0.217. The molecule has 0 unspecified atom stereocenters. The first-order chi connectivity index (χ1) is 13.8. The summed E-state index contributed by atoms with van der Waals surface area (Å²) >= 11 is 0. The largest absolute Gasteiger partial charge is 0.348 e. The number of benzene rings is 2. The van der Waals surface area contributed by atoms with Crippen molar-refractivity contribution in [3.63, 3.8) is 0 Å². The maximum absolute atomic E-state index is 13.2. The molecule has 1 heterocycles. The summed E-state index contributed by atoms with van der Waals surface area (Å²) in [5.74, 6) is -1.69. The van der Waals surface area contributed by atoms with Crippen molar-refractivity contribution in [2.24, 2.45) is 0 Å². The van der Waals surface area contributed by atoms with Crippen molar-refractivity contribution in [2.75, 3.05) is 0 Å². The quantitative estimate of drug-likeness (QED) is 0.626. The van der Waals surface area contributed by atoms with Crippen LogP contribution < -0.4 is 5.32 Å². The van der Waals surface area contributed by atoms with Crippen LogP contribution in [-0.2, 0) is 17.9 Å². The summed E-state index contributed by atoms with van der Waals surface area (Å²) in [6.07, 6.45) is 3.12. The molecule has 0 aliphatic carbocycles. The molecule has 3 aromatic rings. The van der Waals surface area contributed by atoms with Crippen LogP contribution in [0.2, 0.25) is 0 Å². The van der Waals surface area contributed by atoms with Crippen LogP contribution in [0.3, 0.4) is 0 Å². The van der Waals surface area contributed by atoms with E-state index in [-0.39, 0.29) is 12.5 Å². The number of rotatable bonds is 6. The highest BCUT2D eigenvalue weighted by atomic mass is 19.1. The molecule has 0 radical (unpaired) electrons. The molecule has 0 saturated heterocycles. The van der Waals surface area contributed by atoms with Crippen LogP contribution in [0.1, 0.15) is 33.6 Å². The predicted molar refractivity (Wildman–Crippen MR) is 109 cm³/mol. The van der Waals surface area contributed by atoms with Crippen LogP contribution in [0.4, 0.5) is 8.78 Å². The fourth-order valence-electron chi connectivity index (χ4n) is 3.09. The highest BCUT2D eigenvalue weighted by Gasteiger charge is 2.10. The van der Waals surface area contributed by atoms with Crippen molar-refractivity contribution in [2.45, 2.75) is 33.9 Å². The predicted octanol–water partition coefficient (Wildman–Crippen LogP) is 4.46. The van der Waals surface area contributed by atoms with E-state index in [4.69, 9.17) is 0 Å². The third kappa shape index (κ3) is 5.38. The number of carbonyl (C=O) groups is 1. The zero-order chi connectivity index (χ0) is 21.0. The molecule has 1 N–H and O–H groups in total. The lowest BCUT2D eigenvalue weighted by atomic mass is 10.1. The number of aryl methyl sites for hydroxylation is 2. The van der Waals surface area contributed by atoms with Crippen molar-refractivity contribution in [1.82, 2.24) is 15.1 Å². The van der Waals surface area contributed by atoms with Gasteiger partial charge in [-0.1, -0.05) is 29.8 Å². The van der Waals surface area contributed by atoms with Gasteiger partial charge in [0.05, 0.1) is 12.2 Å². The minimum atomic E-state index is -0.669. The molecule has 0 aliphatic rings. The normalized spacial score (nSPS) is 11.2. The Hall–Kier alpha value is -3.28. The smallest absolute Gasteiger partial charge is 0.244 e. The molecule has 0 aliphatic heterocycles. The number of nitrogens with zero attached hydrogens (tertiary/aromatic N) is 2. The number of amides is 1. The number of halogens is 2. The Morgan fingerprint density at radius 1 is 1.03 bits per heavy atom. The van der Waals surface area contributed by atoms with Crippen LogP contribution in [0.25, 0.3) is 6.08 Å². The van der Waals surface area contributed by atoms with Gasteiger partial charge in [0.2, 0.25) is 5.91 Å². The van der Waals surface area contributed by atoms with Gasteiger partial charge in [-0.25, -0.2) is 8.78 Å². The maximum atomic E-state index is 13.2. The van der Waals surface area contributed by atoms with Crippen molar-refractivity contribution in [3.05, 3.63) is 93.8 Å². The molecule has 0 saturated carbocycles. The van der Waals surface area contributed by atoms with Crippen molar-refractivity contribution in [3.8, 4) is 0 Å². The summed E-state index contributed by atoms with van der Waals surface area (Å²) in [7, 11) is 0. The molecule has 1 amide bonds. The topological polar surface area (TPSA) is 46.9 Å². The molecule has 0 spiro atoms. The Kier molecular flexibility index (Phi) is 6.22. The van der Waals surface area contributed by atoms with Gasteiger partial charge in [-0.05, 0) is 50.1 Å². The average Bonchev–Trinajstić information content (AvgIpc) is 2.92. The van der Waals surface area contributed by atoms with Gasteiger partial charge in [-0.3, -0.25) is 9.48 Å². The molecule has 1 aromatic heterocycles. The van der Waals surface area contributed by atoms with E-state index < -0.39 is 11.6 Å². The molecule has 0 fully saturated rings. The van der Waals surface area contributed by atoms with Crippen molar-refractivity contribution < 1.29 is 13.6 Å². The lowest BCUT2D eigenvalue weighted by Crippen LogP contribution is -2.20. The Bertz CT molecular complexity index is 1030. The molecule has 3 rings (SSSR count). The van der Waals surface area contributed by atoms with E-state index in [1.54, 1.807) is 6.08 Å². The number of aromatic nitrogens is 2. The van der Waals surface area contributed by atoms with E-state index in [0.717, 1.165) is 28.6 Å². The first-order valence-electron chi connectivity index (χ1n) is 9.32. The van der Waals surface area contributed by atoms with E-state index in [2.05, 4.69) is 34.7 Å². The minimum Gasteiger partial charge on any atom is -0.348 e. The maximum Gasteiger partial charge on any atom is 0.244 e. The van der Waals surface area contributed by atoms with Gasteiger partial charge in [0, 0.05) is 29.9 Å². The van der Waals surface area contributed by atoms with E-state index in [1.165, 1.54) is 23.8 Å². The van der Waals surface area contributed by atoms with Gasteiger partial charge in [0.25, 0.3) is 0 Å². The number of carbonyl (C=O) groups excluding carboxylic acids is 1. The zero-order valence-corrected chi connectivity index (χ0v) is 16.7. The lowest BCUT2D eigenvalue weighted by molar-refractivity contribution is -0.116. The molecule has 0 atom stereocenters. The van der Waals surface area contributed by atoms with Gasteiger partial charge in [-0.15, -0.1) is 0 Å². The summed E-state index contributed by atoms with van der Waals surface area (Å²) < 4.78 is 28.3. The molecular formula is C23H23F2N3O. The van der Waals surface area contributed by atoms with Crippen LogP contribution in [0.5, 0.6) is 0 Å². The SMILES string of the molecule is Cc1ccc(Cn2nc(C)c(/C=C/C(=O)NCc3cc(F)cc(F)c3)c2C)cc1. The van der Waals surface area contributed by atoms with Crippen LogP contribution >= 0.6 is 0 Å². The van der Waals surface area contributed by atoms with Crippen molar-refractivity contribution >= 4 is 12.0 Å².